The van der Waals surface area contributed by atoms with E-state index in [-0.39, 0.29) is 11.1 Å². The molecule has 3 atom stereocenters. The quantitative estimate of drug-likeness (QED) is 0.705. The Hall–Kier alpha value is -2.62. The van der Waals surface area contributed by atoms with Gasteiger partial charge in [0.2, 0.25) is 5.72 Å². The number of carbonyl (C=O) groups is 3. The number of Topliss-reactive ketones (excluding diaryl/α,β-unsaturated/α-hetero) is 1. The first-order valence-electron chi connectivity index (χ1n) is 7.07. The summed E-state index contributed by atoms with van der Waals surface area (Å²) in [5.41, 5.74) is -3.46. The Morgan fingerprint density at radius 3 is 2.24 bits per heavy atom. The standard InChI is InChI=1S/C15H15F3N2O5/c1-7(21)10-11(8-3-5-9(6-4-8)12(22)25-2)19-13(23)20-14(10,24)15(16,17)18/h3-6,10-11,24H,1-2H3,(H2,19,20,23)/t10-,11-,14+/m0/s1. The molecule has 0 aromatic heterocycles. The van der Waals surface area contributed by atoms with Crippen molar-refractivity contribution in [3.05, 3.63) is 35.4 Å². The molecule has 0 aliphatic carbocycles. The van der Waals surface area contributed by atoms with E-state index >= 15 is 0 Å². The van der Waals surface area contributed by atoms with E-state index in [0.717, 1.165) is 6.92 Å². The van der Waals surface area contributed by atoms with E-state index < -0.39 is 41.6 Å². The number of halogens is 3. The predicted molar refractivity (Wildman–Crippen MR) is 77.4 cm³/mol. The van der Waals surface area contributed by atoms with Crippen LogP contribution in [0.2, 0.25) is 0 Å². The third kappa shape index (κ3) is 3.29. The van der Waals surface area contributed by atoms with Crippen molar-refractivity contribution in [2.75, 3.05) is 7.11 Å². The number of carbonyl (C=O) groups excluding carboxylic acids is 3. The minimum absolute atomic E-state index is 0.116. The van der Waals surface area contributed by atoms with Gasteiger partial charge in [0, 0.05) is 0 Å². The molecule has 0 bridgehead atoms. The van der Waals surface area contributed by atoms with E-state index in [0.29, 0.717) is 0 Å². The zero-order valence-corrected chi connectivity index (χ0v) is 13.2. The van der Waals surface area contributed by atoms with Crippen molar-refractivity contribution in [3.8, 4) is 0 Å². The average molecular weight is 360 g/mol. The molecule has 1 heterocycles. The van der Waals surface area contributed by atoms with Gasteiger partial charge < -0.3 is 20.5 Å². The van der Waals surface area contributed by atoms with Gasteiger partial charge in [-0.3, -0.25) is 4.79 Å². The molecule has 3 N–H and O–H groups in total. The summed E-state index contributed by atoms with van der Waals surface area (Å²) >= 11 is 0. The molecule has 1 fully saturated rings. The van der Waals surface area contributed by atoms with Crippen molar-refractivity contribution in [2.24, 2.45) is 5.92 Å². The Kier molecular flexibility index (Phi) is 4.76. The number of nitrogens with one attached hydrogen (secondary N) is 2. The number of methoxy groups -OCH3 is 1. The van der Waals surface area contributed by atoms with Gasteiger partial charge in [-0.2, -0.15) is 13.2 Å². The molecule has 1 aromatic carbocycles. The number of aliphatic hydroxyl groups is 1. The van der Waals surface area contributed by atoms with Crippen LogP contribution in [0.3, 0.4) is 0 Å². The number of esters is 1. The molecule has 0 saturated carbocycles. The van der Waals surface area contributed by atoms with E-state index in [4.69, 9.17) is 0 Å². The zero-order valence-electron chi connectivity index (χ0n) is 13.2. The molecule has 1 aliphatic heterocycles. The number of urea groups is 1. The molecule has 1 aromatic rings. The third-order valence-electron chi connectivity index (χ3n) is 3.94. The van der Waals surface area contributed by atoms with Gasteiger partial charge in [-0.25, -0.2) is 9.59 Å². The van der Waals surface area contributed by atoms with Crippen LogP contribution in [0.5, 0.6) is 0 Å². The van der Waals surface area contributed by atoms with Crippen LogP contribution in [0.1, 0.15) is 28.9 Å². The monoisotopic (exact) mass is 360 g/mol. The summed E-state index contributed by atoms with van der Waals surface area (Å²) in [6.07, 6.45) is -5.27. The smallest absolute Gasteiger partial charge is 0.437 e. The normalized spacial score (nSPS) is 26.4. The minimum atomic E-state index is -5.27. The summed E-state index contributed by atoms with van der Waals surface area (Å²) in [6, 6.07) is 2.38. The zero-order chi connectivity index (χ0) is 19.0. The molecule has 1 aliphatic rings. The summed E-state index contributed by atoms with van der Waals surface area (Å²) in [5, 5.41) is 13.6. The minimum Gasteiger partial charge on any atom is -0.465 e. The maximum absolute atomic E-state index is 13.3. The second-order valence-electron chi connectivity index (χ2n) is 5.54. The van der Waals surface area contributed by atoms with Gasteiger partial charge in [-0.15, -0.1) is 0 Å². The lowest BCUT2D eigenvalue weighted by molar-refractivity contribution is -0.290. The summed E-state index contributed by atoms with van der Waals surface area (Å²) in [7, 11) is 1.17. The van der Waals surface area contributed by atoms with Crippen LogP contribution >= 0.6 is 0 Å². The van der Waals surface area contributed by atoms with Gasteiger partial charge in [0.05, 0.1) is 24.6 Å². The highest BCUT2D eigenvalue weighted by atomic mass is 19.4. The van der Waals surface area contributed by atoms with Crippen molar-refractivity contribution < 1.29 is 37.4 Å². The van der Waals surface area contributed by atoms with Gasteiger partial charge >= 0.3 is 18.2 Å². The number of amides is 2. The number of ether oxygens (including phenoxy) is 1. The summed E-state index contributed by atoms with van der Waals surface area (Å²) in [6.45, 7) is 0.885. The van der Waals surface area contributed by atoms with Crippen molar-refractivity contribution >= 4 is 17.8 Å². The number of alkyl halides is 3. The van der Waals surface area contributed by atoms with Crippen molar-refractivity contribution in [3.63, 3.8) is 0 Å². The highest BCUT2D eigenvalue weighted by molar-refractivity contribution is 5.89. The predicted octanol–water partition coefficient (Wildman–Crippen LogP) is 1.28. The number of hydrogen-bond acceptors (Lipinski definition) is 5. The van der Waals surface area contributed by atoms with Crippen LogP contribution in [-0.4, -0.2) is 41.9 Å². The van der Waals surface area contributed by atoms with E-state index in [1.807, 2.05) is 0 Å². The topological polar surface area (TPSA) is 105 Å². The van der Waals surface area contributed by atoms with Gasteiger partial charge in [-0.1, -0.05) is 12.1 Å². The highest BCUT2D eigenvalue weighted by Crippen LogP contribution is 2.42. The van der Waals surface area contributed by atoms with E-state index in [9.17, 15) is 32.7 Å². The molecule has 0 radical (unpaired) electrons. The Morgan fingerprint density at radius 1 is 1.24 bits per heavy atom. The van der Waals surface area contributed by atoms with Crippen molar-refractivity contribution in [1.82, 2.24) is 10.6 Å². The van der Waals surface area contributed by atoms with Crippen LogP contribution in [0.15, 0.2) is 24.3 Å². The maximum atomic E-state index is 13.3. The molecule has 0 spiro atoms. The SMILES string of the molecule is COC(=O)c1ccc([C@@H]2NC(=O)N[C@](O)(C(F)(F)F)[C@H]2C(C)=O)cc1. The number of rotatable bonds is 3. The molecule has 2 amide bonds. The molecular formula is C15H15F3N2O5. The Labute approximate surface area is 140 Å². The lowest BCUT2D eigenvalue weighted by Crippen LogP contribution is -2.72. The molecule has 1 saturated heterocycles. The van der Waals surface area contributed by atoms with Gasteiger partial charge in [0.25, 0.3) is 0 Å². The Morgan fingerprint density at radius 2 is 1.80 bits per heavy atom. The number of hydrogen-bond donors (Lipinski definition) is 3. The first-order valence-corrected chi connectivity index (χ1v) is 7.07. The fourth-order valence-electron chi connectivity index (χ4n) is 2.75. The van der Waals surface area contributed by atoms with Gasteiger partial charge in [0.1, 0.15) is 5.78 Å². The van der Waals surface area contributed by atoms with E-state index in [1.165, 1.54) is 36.7 Å². The molecule has 0 unspecified atom stereocenters. The maximum Gasteiger partial charge on any atom is 0.437 e. The number of benzene rings is 1. The fourth-order valence-corrected chi connectivity index (χ4v) is 2.75. The highest BCUT2D eigenvalue weighted by Gasteiger charge is 2.65. The summed E-state index contributed by atoms with van der Waals surface area (Å²) < 4.78 is 44.4. The molecule has 25 heavy (non-hydrogen) atoms. The molecular weight excluding hydrogens is 345 g/mol. The molecule has 2 rings (SSSR count). The second-order valence-corrected chi connectivity index (χ2v) is 5.54. The Balaban J connectivity index is 2.48. The van der Waals surface area contributed by atoms with Gasteiger partial charge in [-0.05, 0) is 24.6 Å². The second kappa shape index (κ2) is 6.36. The van der Waals surface area contributed by atoms with Crippen LogP contribution in [-0.2, 0) is 9.53 Å². The van der Waals surface area contributed by atoms with Crippen molar-refractivity contribution in [1.29, 1.82) is 0 Å². The first kappa shape index (κ1) is 18.7. The summed E-state index contributed by atoms with van der Waals surface area (Å²) in [5.74, 6) is -3.65. The summed E-state index contributed by atoms with van der Waals surface area (Å²) in [4.78, 5) is 34.9. The molecule has 7 nitrogen and oxygen atoms in total. The van der Waals surface area contributed by atoms with E-state index in [2.05, 4.69) is 10.1 Å². The lowest BCUT2D eigenvalue weighted by atomic mass is 9.79. The van der Waals surface area contributed by atoms with Crippen molar-refractivity contribution in [2.45, 2.75) is 24.9 Å². The Bertz CT molecular complexity index is 704. The van der Waals surface area contributed by atoms with E-state index in [1.54, 1.807) is 0 Å². The third-order valence-corrected chi connectivity index (χ3v) is 3.94. The average Bonchev–Trinajstić information content (AvgIpc) is 2.52. The van der Waals surface area contributed by atoms with Crippen LogP contribution in [0, 0.1) is 5.92 Å². The van der Waals surface area contributed by atoms with Crippen LogP contribution < -0.4 is 10.6 Å². The largest absolute Gasteiger partial charge is 0.465 e. The number of ketones is 1. The van der Waals surface area contributed by atoms with Crippen LogP contribution in [0.25, 0.3) is 0 Å². The first-order chi connectivity index (χ1) is 11.5. The molecule has 10 heteroatoms. The molecule has 136 valence electrons. The fraction of sp³-hybridized carbons (Fsp3) is 0.400. The van der Waals surface area contributed by atoms with Gasteiger partial charge in [0.15, 0.2) is 0 Å². The lowest BCUT2D eigenvalue weighted by Gasteiger charge is -2.44. The van der Waals surface area contributed by atoms with Crippen LogP contribution in [0.4, 0.5) is 18.0 Å².